The van der Waals surface area contributed by atoms with Crippen LogP contribution in [0.3, 0.4) is 0 Å². The highest BCUT2D eigenvalue weighted by Crippen LogP contribution is 2.46. The molecular weight excluding hydrogens is 404 g/mol. The molecule has 3 heterocycles. The molecular formula is C23H28O8. The number of carbonyl (C=O) groups excluding carboxylic acids is 1. The minimum atomic E-state index is -0.740. The summed E-state index contributed by atoms with van der Waals surface area (Å²) >= 11 is 0. The van der Waals surface area contributed by atoms with E-state index >= 15 is 0 Å². The van der Waals surface area contributed by atoms with Crippen LogP contribution in [0.2, 0.25) is 0 Å². The Bertz CT molecular complexity index is 865. The largest absolute Gasteiger partial charge is 0.466 e. The number of esters is 1. The molecule has 0 N–H and O–H groups in total. The summed E-state index contributed by atoms with van der Waals surface area (Å²) in [6, 6.07) is 3.88. The van der Waals surface area contributed by atoms with E-state index in [-0.39, 0.29) is 19.1 Å². The fourth-order valence-corrected chi connectivity index (χ4v) is 4.70. The second kappa shape index (κ2) is 8.78. The normalized spacial score (nSPS) is 24.6. The van der Waals surface area contributed by atoms with Crippen LogP contribution in [0, 0.1) is 0 Å². The van der Waals surface area contributed by atoms with Crippen molar-refractivity contribution in [2.24, 2.45) is 0 Å². The van der Waals surface area contributed by atoms with Crippen molar-refractivity contribution in [3.05, 3.63) is 28.8 Å². The molecule has 0 aromatic heterocycles. The van der Waals surface area contributed by atoms with Crippen molar-refractivity contribution in [2.45, 2.75) is 57.2 Å². The Morgan fingerprint density at radius 1 is 1.13 bits per heavy atom. The highest BCUT2D eigenvalue weighted by molar-refractivity contribution is 5.99. The highest BCUT2D eigenvalue weighted by atomic mass is 16.7. The van der Waals surface area contributed by atoms with E-state index in [1.807, 2.05) is 12.1 Å². The lowest BCUT2D eigenvalue weighted by Crippen LogP contribution is -2.35. The zero-order chi connectivity index (χ0) is 21.3. The molecule has 1 aliphatic carbocycles. The smallest absolute Gasteiger partial charge is 0.334 e. The molecule has 0 radical (unpaired) electrons. The van der Waals surface area contributed by atoms with Gasteiger partial charge in [0.2, 0.25) is 6.79 Å². The SMILES string of the molecule is COC(=O)C1=C(c2cc3c(cc2COC2CCCCO2)OCO3)CCC2(C1)OCCO2. The number of rotatable bonds is 5. The van der Waals surface area contributed by atoms with Gasteiger partial charge in [-0.05, 0) is 54.5 Å². The van der Waals surface area contributed by atoms with Gasteiger partial charge in [-0.1, -0.05) is 0 Å². The number of methoxy groups -OCH3 is 1. The molecule has 168 valence electrons. The third kappa shape index (κ3) is 4.17. The van der Waals surface area contributed by atoms with Gasteiger partial charge in [-0.3, -0.25) is 0 Å². The van der Waals surface area contributed by atoms with Gasteiger partial charge in [0.05, 0.1) is 26.9 Å². The molecule has 2 fully saturated rings. The summed E-state index contributed by atoms with van der Waals surface area (Å²) in [7, 11) is 1.40. The van der Waals surface area contributed by atoms with Crippen LogP contribution in [-0.4, -0.2) is 51.8 Å². The topological polar surface area (TPSA) is 81.7 Å². The second-order valence-corrected chi connectivity index (χ2v) is 8.20. The van der Waals surface area contributed by atoms with Crippen molar-refractivity contribution in [1.29, 1.82) is 0 Å². The quantitative estimate of drug-likeness (QED) is 0.656. The number of hydrogen-bond acceptors (Lipinski definition) is 8. The minimum Gasteiger partial charge on any atom is -0.466 e. The van der Waals surface area contributed by atoms with Crippen molar-refractivity contribution in [3.8, 4) is 11.5 Å². The fraction of sp³-hybridized carbons (Fsp3) is 0.609. The molecule has 1 aromatic rings. The Balaban J connectivity index is 1.50. The first kappa shape index (κ1) is 20.8. The predicted octanol–water partition coefficient (Wildman–Crippen LogP) is 3.31. The first-order chi connectivity index (χ1) is 15.2. The molecule has 31 heavy (non-hydrogen) atoms. The third-order valence-electron chi connectivity index (χ3n) is 6.30. The van der Waals surface area contributed by atoms with Crippen molar-refractivity contribution < 1.29 is 38.0 Å². The van der Waals surface area contributed by atoms with Gasteiger partial charge in [0, 0.05) is 25.0 Å². The average Bonchev–Trinajstić information content (AvgIpc) is 3.46. The molecule has 2 saturated heterocycles. The minimum absolute atomic E-state index is 0.179. The van der Waals surface area contributed by atoms with Crippen LogP contribution in [-0.2, 0) is 35.1 Å². The summed E-state index contributed by atoms with van der Waals surface area (Å²) in [4.78, 5) is 12.7. The summed E-state index contributed by atoms with van der Waals surface area (Å²) in [6.45, 7) is 2.33. The maximum atomic E-state index is 12.7. The summed E-state index contributed by atoms with van der Waals surface area (Å²) in [5, 5.41) is 0. The van der Waals surface area contributed by atoms with E-state index in [4.69, 9.17) is 33.2 Å². The van der Waals surface area contributed by atoms with E-state index in [0.717, 1.165) is 42.6 Å². The van der Waals surface area contributed by atoms with Gasteiger partial charge in [-0.15, -0.1) is 0 Å². The summed E-state index contributed by atoms with van der Waals surface area (Å²) in [6.07, 6.45) is 4.48. The van der Waals surface area contributed by atoms with E-state index in [1.165, 1.54) is 7.11 Å². The van der Waals surface area contributed by atoms with Gasteiger partial charge < -0.3 is 33.2 Å². The van der Waals surface area contributed by atoms with Gasteiger partial charge in [0.15, 0.2) is 23.6 Å². The maximum absolute atomic E-state index is 12.7. The van der Waals surface area contributed by atoms with Crippen molar-refractivity contribution >= 4 is 11.5 Å². The van der Waals surface area contributed by atoms with Crippen LogP contribution in [0.25, 0.3) is 5.57 Å². The molecule has 8 nitrogen and oxygen atoms in total. The fourth-order valence-electron chi connectivity index (χ4n) is 4.70. The van der Waals surface area contributed by atoms with Crippen LogP contribution >= 0.6 is 0 Å². The van der Waals surface area contributed by atoms with E-state index in [9.17, 15) is 4.79 Å². The number of ether oxygens (including phenoxy) is 7. The van der Waals surface area contributed by atoms with Gasteiger partial charge in [-0.2, -0.15) is 0 Å². The predicted molar refractivity (Wildman–Crippen MR) is 108 cm³/mol. The number of fused-ring (bicyclic) bond motifs is 1. The molecule has 8 heteroatoms. The summed E-state index contributed by atoms with van der Waals surface area (Å²) < 4.78 is 39.9. The molecule has 1 spiro atoms. The lowest BCUT2D eigenvalue weighted by molar-refractivity contribution is -0.169. The average molecular weight is 432 g/mol. The van der Waals surface area contributed by atoms with E-state index in [1.54, 1.807) is 0 Å². The third-order valence-corrected chi connectivity index (χ3v) is 6.30. The Morgan fingerprint density at radius 3 is 2.68 bits per heavy atom. The van der Waals surface area contributed by atoms with Gasteiger partial charge in [0.1, 0.15) is 0 Å². The Hall–Kier alpha value is -2.13. The van der Waals surface area contributed by atoms with Crippen LogP contribution < -0.4 is 9.47 Å². The summed E-state index contributed by atoms with van der Waals surface area (Å²) in [5.74, 6) is 0.240. The molecule has 0 amide bonds. The first-order valence-corrected chi connectivity index (χ1v) is 10.9. The van der Waals surface area contributed by atoms with E-state index < -0.39 is 5.79 Å². The zero-order valence-corrected chi connectivity index (χ0v) is 17.8. The zero-order valence-electron chi connectivity index (χ0n) is 17.8. The monoisotopic (exact) mass is 432 g/mol. The van der Waals surface area contributed by atoms with Crippen molar-refractivity contribution in [2.75, 3.05) is 33.7 Å². The Morgan fingerprint density at radius 2 is 1.94 bits per heavy atom. The van der Waals surface area contributed by atoms with Gasteiger partial charge >= 0.3 is 5.97 Å². The number of carbonyl (C=O) groups is 1. The Kier molecular flexibility index (Phi) is 5.88. The molecule has 1 aromatic carbocycles. The van der Waals surface area contributed by atoms with Gasteiger partial charge in [0.25, 0.3) is 0 Å². The number of allylic oxidation sites excluding steroid dienone is 1. The van der Waals surface area contributed by atoms with Crippen LogP contribution in [0.4, 0.5) is 0 Å². The molecule has 1 unspecified atom stereocenters. The lowest BCUT2D eigenvalue weighted by atomic mass is 9.82. The van der Waals surface area contributed by atoms with Crippen LogP contribution in [0.1, 0.15) is 49.7 Å². The van der Waals surface area contributed by atoms with E-state index in [2.05, 4.69) is 0 Å². The van der Waals surface area contributed by atoms with Crippen molar-refractivity contribution in [3.63, 3.8) is 0 Å². The lowest BCUT2D eigenvalue weighted by Gasteiger charge is -2.34. The van der Waals surface area contributed by atoms with Crippen LogP contribution in [0.15, 0.2) is 17.7 Å². The van der Waals surface area contributed by atoms with Gasteiger partial charge in [-0.25, -0.2) is 4.79 Å². The molecule has 3 aliphatic heterocycles. The number of hydrogen-bond donors (Lipinski definition) is 0. The van der Waals surface area contributed by atoms with Crippen LogP contribution in [0.5, 0.6) is 11.5 Å². The highest BCUT2D eigenvalue weighted by Gasteiger charge is 2.43. The maximum Gasteiger partial charge on any atom is 0.334 e. The van der Waals surface area contributed by atoms with Crippen molar-refractivity contribution in [1.82, 2.24) is 0 Å². The molecule has 0 saturated carbocycles. The molecule has 1 atom stereocenters. The Labute approximate surface area is 181 Å². The number of benzene rings is 1. The first-order valence-electron chi connectivity index (χ1n) is 10.9. The molecule has 0 bridgehead atoms. The molecule has 5 rings (SSSR count). The van der Waals surface area contributed by atoms with E-state index in [0.29, 0.717) is 56.2 Å². The second-order valence-electron chi connectivity index (χ2n) is 8.20. The standard InChI is InChI=1S/C23H28O8/c1-25-22(24)18-12-23(30-8-9-31-23)6-5-16(18)17-11-20-19(28-14-29-20)10-15(17)13-27-21-4-2-3-7-26-21/h10-11,21H,2-9,12-14H2,1H3. The summed E-state index contributed by atoms with van der Waals surface area (Å²) in [5.41, 5.74) is 3.33. The molecule has 4 aliphatic rings.